The van der Waals surface area contributed by atoms with Gasteiger partial charge in [0.1, 0.15) is 6.61 Å². The molecular formula is C35H70NO8P. The number of hydrogen-bond donors (Lipinski definition) is 1. The lowest BCUT2D eigenvalue weighted by Gasteiger charge is -2.22. The highest BCUT2D eigenvalue weighted by atomic mass is 31.2. The van der Waals surface area contributed by atoms with Crippen molar-refractivity contribution < 1.29 is 37.2 Å². The topological polar surface area (TPSA) is 123 Å². The van der Waals surface area contributed by atoms with Gasteiger partial charge in [-0.25, -0.2) is 4.57 Å². The third-order valence-corrected chi connectivity index (χ3v) is 9.31. The second kappa shape index (κ2) is 32.9. The summed E-state index contributed by atoms with van der Waals surface area (Å²) < 4.78 is 39.7. The monoisotopic (exact) mass is 663 g/mol. The Balaban J connectivity index is 4.45. The van der Waals surface area contributed by atoms with Gasteiger partial charge < -0.3 is 15.2 Å². The molecule has 0 bridgehead atoms. The van der Waals surface area contributed by atoms with Crippen molar-refractivity contribution >= 4 is 19.8 Å². The number of unbranched alkanes of at least 4 members (excludes halogenated alkanes) is 20. The van der Waals surface area contributed by atoms with Crippen LogP contribution in [-0.4, -0.2) is 51.0 Å². The first-order valence-corrected chi connectivity index (χ1v) is 20.0. The lowest BCUT2D eigenvalue weighted by molar-refractivity contribution is -0.161. The fourth-order valence-corrected chi connectivity index (χ4v) is 6.31. The van der Waals surface area contributed by atoms with Crippen molar-refractivity contribution in [3.8, 4) is 0 Å². The molecule has 0 saturated heterocycles. The Morgan fingerprint density at radius 1 is 0.556 bits per heavy atom. The largest absolute Gasteiger partial charge is 0.474 e. The van der Waals surface area contributed by atoms with Gasteiger partial charge in [-0.15, -0.1) is 0 Å². The van der Waals surface area contributed by atoms with Gasteiger partial charge in [0.2, 0.25) is 0 Å². The van der Waals surface area contributed by atoms with Crippen LogP contribution in [0.15, 0.2) is 0 Å². The number of nitrogens with two attached hydrogens (primary N) is 1. The van der Waals surface area contributed by atoms with Crippen molar-refractivity contribution in [1.29, 1.82) is 0 Å². The first kappa shape index (κ1) is 44.0. The molecule has 45 heavy (non-hydrogen) atoms. The molecule has 0 aliphatic rings. The molecule has 0 radical (unpaired) electrons. The summed E-state index contributed by atoms with van der Waals surface area (Å²) in [5.74, 6) is -0.736. The van der Waals surface area contributed by atoms with Crippen molar-refractivity contribution in [2.24, 2.45) is 5.73 Å². The van der Waals surface area contributed by atoms with Crippen molar-refractivity contribution in [3.63, 3.8) is 0 Å². The molecule has 0 aromatic rings. The van der Waals surface area contributed by atoms with E-state index in [9.17, 15) is 14.2 Å². The third-order valence-electron chi connectivity index (χ3n) is 7.77. The fourth-order valence-electron chi connectivity index (χ4n) is 5.09. The summed E-state index contributed by atoms with van der Waals surface area (Å²) in [5, 5.41) is 0. The molecule has 0 aromatic heterocycles. The predicted octanol–water partition coefficient (Wildman–Crippen LogP) is 9.98. The Morgan fingerprint density at radius 2 is 0.978 bits per heavy atom. The van der Waals surface area contributed by atoms with Gasteiger partial charge in [-0.05, 0) is 19.8 Å². The van der Waals surface area contributed by atoms with Crippen molar-refractivity contribution in [2.45, 2.75) is 181 Å². The second-order valence-electron chi connectivity index (χ2n) is 12.1. The normalized spacial score (nSPS) is 13.4. The molecule has 10 heteroatoms. The van der Waals surface area contributed by atoms with Crippen molar-refractivity contribution in [1.82, 2.24) is 0 Å². The van der Waals surface area contributed by atoms with E-state index >= 15 is 0 Å². The fraction of sp³-hybridized carbons (Fsp3) is 0.943. The van der Waals surface area contributed by atoms with Crippen LogP contribution in [0.4, 0.5) is 0 Å². The number of phosphoric ester groups is 1. The van der Waals surface area contributed by atoms with Gasteiger partial charge in [0.15, 0.2) is 6.10 Å². The third kappa shape index (κ3) is 30.1. The van der Waals surface area contributed by atoms with E-state index in [1.807, 2.05) is 0 Å². The summed E-state index contributed by atoms with van der Waals surface area (Å²) in [6.45, 7) is 5.94. The molecule has 268 valence electrons. The van der Waals surface area contributed by atoms with Gasteiger partial charge >= 0.3 is 19.8 Å². The predicted molar refractivity (Wildman–Crippen MR) is 183 cm³/mol. The molecule has 0 aromatic carbocycles. The van der Waals surface area contributed by atoms with Crippen molar-refractivity contribution in [3.05, 3.63) is 0 Å². The standard InChI is InChI=1S/C35H70NO8P/c1-4-7-9-11-13-15-17-19-21-23-25-27-34(37)40-31-33(32-43-45(39,41-6-3)42-30-29-36)44-35(38)28-26-24-22-20-18-16-14-12-10-8-5-2/h33H,4-32,36H2,1-3H3/t33-,45?/m0/s1. The Labute approximate surface area is 276 Å². The van der Waals surface area contributed by atoms with Crippen LogP contribution in [0, 0.1) is 0 Å². The summed E-state index contributed by atoms with van der Waals surface area (Å²) in [4.78, 5) is 25.0. The molecule has 0 saturated carbocycles. The molecule has 9 nitrogen and oxygen atoms in total. The minimum atomic E-state index is -3.88. The maximum Gasteiger partial charge on any atom is 0.474 e. The molecule has 2 atom stereocenters. The van der Waals surface area contributed by atoms with E-state index in [1.165, 1.54) is 103 Å². The van der Waals surface area contributed by atoms with E-state index in [0.717, 1.165) is 38.5 Å². The van der Waals surface area contributed by atoms with Crippen LogP contribution in [0.5, 0.6) is 0 Å². The number of rotatable bonds is 35. The van der Waals surface area contributed by atoms with E-state index in [2.05, 4.69) is 13.8 Å². The molecule has 0 rings (SSSR count). The number of ether oxygens (including phenoxy) is 2. The summed E-state index contributed by atoms with van der Waals surface area (Å²) in [6, 6.07) is 0. The van der Waals surface area contributed by atoms with Gasteiger partial charge in [0.25, 0.3) is 0 Å². The van der Waals surface area contributed by atoms with Crippen LogP contribution < -0.4 is 5.73 Å². The minimum Gasteiger partial charge on any atom is -0.462 e. The SMILES string of the molecule is CCCCCCCCCCCCCC(=O)OC[C@@H](COP(=O)(OCC)OCCN)OC(=O)CCCCCCCCCCCCC. The Hall–Kier alpha value is -0.990. The van der Waals surface area contributed by atoms with Crippen LogP contribution in [0.3, 0.4) is 0 Å². The Bertz CT molecular complexity index is 724. The number of carbonyl (C=O) groups excluding carboxylic acids is 2. The molecule has 0 spiro atoms. The number of phosphoric acid groups is 1. The van der Waals surface area contributed by atoms with Gasteiger partial charge in [0, 0.05) is 19.4 Å². The molecule has 1 unspecified atom stereocenters. The zero-order chi connectivity index (χ0) is 33.3. The Morgan fingerprint density at radius 3 is 1.40 bits per heavy atom. The van der Waals surface area contributed by atoms with Crippen LogP contribution in [-0.2, 0) is 37.2 Å². The number of hydrogen-bond acceptors (Lipinski definition) is 9. The summed E-state index contributed by atoms with van der Waals surface area (Å²) >= 11 is 0. The van der Waals surface area contributed by atoms with E-state index in [1.54, 1.807) is 6.92 Å². The van der Waals surface area contributed by atoms with Gasteiger partial charge in [-0.2, -0.15) is 0 Å². The maximum absolute atomic E-state index is 12.8. The van der Waals surface area contributed by atoms with Crippen molar-refractivity contribution in [2.75, 3.05) is 33.0 Å². The van der Waals surface area contributed by atoms with Gasteiger partial charge in [-0.1, -0.05) is 142 Å². The lowest BCUT2D eigenvalue weighted by Crippen LogP contribution is -2.29. The van der Waals surface area contributed by atoms with Gasteiger partial charge in [-0.3, -0.25) is 23.2 Å². The molecule has 0 aliphatic heterocycles. The lowest BCUT2D eigenvalue weighted by atomic mass is 10.1. The van der Waals surface area contributed by atoms with E-state index in [-0.39, 0.29) is 45.4 Å². The summed E-state index contributed by atoms with van der Waals surface area (Å²) in [7, 11) is -3.88. The maximum atomic E-state index is 12.8. The molecule has 0 fully saturated rings. The average Bonchev–Trinajstić information content (AvgIpc) is 3.03. The highest BCUT2D eigenvalue weighted by molar-refractivity contribution is 7.48. The van der Waals surface area contributed by atoms with Crippen LogP contribution in [0.1, 0.15) is 175 Å². The van der Waals surface area contributed by atoms with E-state index in [0.29, 0.717) is 6.42 Å². The molecule has 0 heterocycles. The Kier molecular flexibility index (Phi) is 32.2. The average molecular weight is 664 g/mol. The highest BCUT2D eigenvalue weighted by Crippen LogP contribution is 2.49. The minimum absolute atomic E-state index is 0.00542. The van der Waals surface area contributed by atoms with Crippen LogP contribution >= 0.6 is 7.82 Å². The van der Waals surface area contributed by atoms with Gasteiger partial charge in [0.05, 0.1) is 19.8 Å². The quantitative estimate of drug-likeness (QED) is 0.0401. The van der Waals surface area contributed by atoms with Crippen LogP contribution in [0.25, 0.3) is 0 Å². The number of carbonyl (C=O) groups is 2. The smallest absolute Gasteiger partial charge is 0.462 e. The molecule has 0 aliphatic carbocycles. The highest BCUT2D eigenvalue weighted by Gasteiger charge is 2.29. The summed E-state index contributed by atoms with van der Waals surface area (Å²) in [5.41, 5.74) is 5.47. The number of esters is 2. The van der Waals surface area contributed by atoms with E-state index < -0.39 is 19.9 Å². The molecule has 0 amide bonds. The molecular weight excluding hydrogens is 593 g/mol. The zero-order valence-electron chi connectivity index (χ0n) is 29.4. The summed E-state index contributed by atoms with van der Waals surface area (Å²) in [6.07, 6.45) is 26.0. The first-order valence-electron chi connectivity index (χ1n) is 18.5. The zero-order valence-corrected chi connectivity index (χ0v) is 30.3. The molecule has 2 N–H and O–H groups in total. The van der Waals surface area contributed by atoms with E-state index in [4.69, 9.17) is 28.8 Å². The second-order valence-corrected chi connectivity index (χ2v) is 13.8. The first-order chi connectivity index (χ1) is 21.9. The van der Waals surface area contributed by atoms with Crippen LogP contribution in [0.2, 0.25) is 0 Å².